The molecule has 176 valence electrons. The number of nitrogens with two attached hydrogens (primary N) is 2. The molecular formula is C24H32N6O3. The molecule has 0 bridgehead atoms. The second-order valence-corrected chi connectivity index (χ2v) is 9.49. The van der Waals surface area contributed by atoms with Gasteiger partial charge in [-0.3, -0.25) is 19.1 Å². The molecule has 0 unspecified atom stereocenters. The zero-order chi connectivity index (χ0) is 23.8. The van der Waals surface area contributed by atoms with Gasteiger partial charge in [0.15, 0.2) is 0 Å². The van der Waals surface area contributed by atoms with E-state index >= 15 is 0 Å². The number of nitrogens with zero attached hydrogens (tertiary/aromatic N) is 4. The third-order valence-corrected chi connectivity index (χ3v) is 6.95. The minimum absolute atomic E-state index is 0.0149. The number of carbonyl (C=O) groups is 1. The lowest BCUT2D eigenvalue weighted by molar-refractivity contribution is -0.141. The van der Waals surface area contributed by atoms with Crippen LogP contribution in [0.4, 0.5) is 5.69 Å². The summed E-state index contributed by atoms with van der Waals surface area (Å²) in [5.74, 6) is 0.169. The molecule has 1 saturated heterocycles. The van der Waals surface area contributed by atoms with Gasteiger partial charge in [0.2, 0.25) is 5.91 Å². The Morgan fingerprint density at radius 1 is 1.18 bits per heavy atom. The number of rotatable bonds is 6. The predicted molar refractivity (Wildman–Crippen MR) is 127 cm³/mol. The highest BCUT2D eigenvalue weighted by molar-refractivity contribution is 6.14. The zero-order valence-electron chi connectivity index (χ0n) is 19.3. The lowest BCUT2D eigenvalue weighted by Crippen LogP contribution is -2.51. The van der Waals surface area contributed by atoms with E-state index in [9.17, 15) is 14.7 Å². The fourth-order valence-corrected chi connectivity index (χ4v) is 4.36. The number of benzene rings is 1. The number of anilines is 1. The summed E-state index contributed by atoms with van der Waals surface area (Å²) >= 11 is 0. The molecule has 0 radical (unpaired) electrons. The molecule has 9 heteroatoms. The molecule has 1 aromatic heterocycles. The van der Waals surface area contributed by atoms with Crippen molar-refractivity contribution in [2.75, 3.05) is 25.9 Å². The first-order valence-electron chi connectivity index (χ1n) is 11.3. The number of aromatic nitrogens is 2. The van der Waals surface area contributed by atoms with Crippen LogP contribution in [0.2, 0.25) is 0 Å². The fraction of sp³-hybridized carbons (Fsp3) is 0.500. The summed E-state index contributed by atoms with van der Waals surface area (Å²) in [5, 5.41) is 11.1. The normalized spacial score (nSPS) is 19.4. The molecule has 4 rings (SSSR count). The van der Waals surface area contributed by atoms with Gasteiger partial charge in [0.1, 0.15) is 11.4 Å². The number of hydrogen-bond acceptors (Lipinski definition) is 7. The van der Waals surface area contributed by atoms with Crippen LogP contribution in [-0.4, -0.2) is 56.9 Å². The summed E-state index contributed by atoms with van der Waals surface area (Å²) in [5.41, 5.74) is 12.7. The molecule has 2 aromatic rings. The highest BCUT2D eigenvalue weighted by atomic mass is 16.3. The first-order valence-corrected chi connectivity index (χ1v) is 11.3. The average molecular weight is 453 g/mol. The fourth-order valence-electron chi connectivity index (χ4n) is 4.36. The standard InChI is InChI=1S/C24H32N6O3/c1-23(7-8-23)22(32)29-11-9-24(33,10-12-29)14-30-15-28-20(18(26)21(30)31)19(27-2)17-5-3-16(13-25)4-6-17/h3-6,15,33H,7-14,25-26H2,1-2H3. The first-order chi connectivity index (χ1) is 15.7. The van der Waals surface area contributed by atoms with Crippen molar-refractivity contribution in [1.82, 2.24) is 14.5 Å². The summed E-state index contributed by atoms with van der Waals surface area (Å²) in [6.45, 7) is 3.46. The van der Waals surface area contributed by atoms with Crippen molar-refractivity contribution in [2.24, 2.45) is 16.1 Å². The van der Waals surface area contributed by atoms with E-state index in [1.807, 2.05) is 36.1 Å². The van der Waals surface area contributed by atoms with E-state index in [0.29, 0.717) is 43.9 Å². The van der Waals surface area contributed by atoms with Crippen molar-refractivity contribution in [2.45, 2.75) is 51.3 Å². The molecule has 1 saturated carbocycles. The quantitative estimate of drug-likeness (QED) is 0.557. The Labute approximate surface area is 193 Å². The largest absolute Gasteiger partial charge is 0.392 e. The van der Waals surface area contributed by atoms with Gasteiger partial charge in [-0.1, -0.05) is 31.2 Å². The second-order valence-electron chi connectivity index (χ2n) is 9.49. The lowest BCUT2D eigenvalue weighted by Gasteiger charge is -2.39. The van der Waals surface area contributed by atoms with E-state index in [2.05, 4.69) is 9.98 Å². The Morgan fingerprint density at radius 3 is 2.36 bits per heavy atom. The van der Waals surface area contributed by atoms with E-state index in [-0.39, 0.29) is 23.6 Å². The molecule has 1 aliphatic carbocycles. The molecule has 1 aromatic carbocycles. The van der Waals surface area contributed by atoms with Crippen molar-refractivity contribution in [3.05, 3.63) is 57.8 Å². The molecule has 5 N–H and O–H groups in total. The number of nitrogen functional groups attached to an aromatic ring is 1. The minimum Gasteiger partial charge on any atom is -0.392 e. The Morgan fingerprint density at radius 2 is 1.82 bits per heavy atom. The van der Waals surface area contributed by atoms with Crippen molar-refractivity contribution < 1.29 is 9.90 Å². The van der Waals surface area contributed by atoms with E-state index in [1.165, 1.54) is 10.9 Å². The van der Waals surface area contributed by atoms with Gasteiger partial charge in [-0.25, -0.2) is 4.98 Å². The van der Waals surface area contributed by atoms with Gasteiger partial charge >= 0.3 is 0 Å². The van der Waals surface area contributed by atoms with Gasteiger partial charge in [-0.05, 0) is 31.2 Å². The smallest absolute Gasteiger partial charge is 0.277 e. The molecule has 1 aliphatic heterocycles. The SMILES string of the molecule is CN=C(c1ccc(CN)cc1)c1ncn(CC2(O)CCN(C(=O)C3(C)CC3)CC2)c(=O)c1N. The van der Waals surface area contributed by atoms with E-state index in [0.717, 1.165) is 24.0 Å². The Hall–Kier alpha value is -3.04. The number of likely N-dealkylation sites (tertiary alicyclic amines) is 1. The summed E-state index contributed by atoms with van der Waals surface area (Å²) in [6.07, 6.45) is 4.07. The second kappa shape index (κ2) is 8.72. The molecule has 2 fully saturated rings. The number of piperidine rings is 1. The topological polar surface area (TPSA) is 140 Å². The van der Waals surface area contributed by atoms with Gasteiger partial charge in [-0.15, -0.1) is 0 Å². The summed E-state index contributed by atoms with van der Waals surface area (Å²) < 4.78 is 1.35. The molecule has 2 heterocycles. The summed E-state index contributed by atoms with van der Waals surface area (Å²) in [4.78, 5) is 36.2. The average Bonchev–Trinajstić information content (AvgIpc) is 3.58. The van der Waals surface area contributed by atoms with Crippen LogP contribution >= 0.6 is 0 Å². The van der Waals surface area contributed by atoms with Crippen LogP contribution in [-0.2, 0) is 17.9 Å². The number of hydrogen-bond donors (Lipinski definition) is 3. The highest BCUT2D eigenvalue weighted by Crippen LogP contribution is 2.47. The van der Waals surface area contributed by atoms with Crippen LogP contribution in [0.3, 0.4) is 0 Å². The van der Waals surface area contributed by atoms with Gasteiger partial charge < -0.3 is 21.5 Å². The lowest BCUT2D eigenvalue weighted by atomic mass is 9.90. The Bertz CT molecular complexity index is 1130. The first kappa shape index (κ1) is 23.1. The van der Waals surface area contributed by atoms with Crippen molar-refractivity contribution in [3.8, 4) is 0 Å². The number of aliphatic hydroxyl groups is 1. The van der Waals surface area contributed by atoms with Gasteiger partial charge in [0.25, 0.3) is 5.56 Å². The molecule has 33 heavy (non-hydrogen) atoms. The molecular weight excluding hydrogens is 420 g/mol. The van der Waals surface area contributed by atoms with Crippen LogP contribution in [0.15, 0.2) is 40.4 Å². The third kappa shape index (κ3) is 4.56. The number of aliphatic imine (C=N–C) groups is 1. The minimum atomic E-state index is -1.10. The monoisotopic (exact) mass is 452 g/mol. The number of amides is 1. The van der Waals surface area contributed by atoms with E-state index in [1.54, 1.807) is 7.05 Å². The third-order valence-electron chi connectivity index (χ3n) is 6.95. The zero-order valence-corrected chi connectivity index (χ0v) is 19.3. The van der Waals surface area contributed by atoms with Crippen LogP contribution in [0.25, 0.3) is 0 Å². The molecule has 9 nitrogen and oxygen atoms in total. The maximum Gasteiger partial charge on any atom is 0.277 e. The molecule has 0 atom stereocenters. The Balaban J connectivity index is 1.50. The number of carbonyl (C=O) groups excluding carboxylic acids is 1. The predicted octanol–water partition coefficient (Wildman–Crippen LogP) is 0.905. The van der Waals surface area contributed by atoms with Gasteiger partial charge in [0, 0.05) is 37.7 Å². The van der Waals surface area contributed by atoms with Crippen molar-refractivity contribution in [3.63, 3.8) is 0 Å². The van der Waals surface area contributed by atoms with Crippen LogP contribution in [0.5, 0.6) is 0 Å². The highest BCUT2D eigenvalue weighted by Gasteiger charge is 2.48. The van der Waals surface area contributed by atoms with Crippen molar-refractivity contribution >= 4 is 17.3 Å². The molecule has 1 amide bonds. The van der Waals surface area contributed by atoms with Crippen LogP contribution in [0.1, 0.15) is 49.4 Å². The molecule has 2 aliphatic rings. The van der Waals surface area contributed by atoms with Crippen molar-refractivity contribution in [1.29, 1.82) is 0 Å². The summed E-state index contributed by atoms with van der Waals surface area (Å²) in [7, 11) is 1.62. The maximum atomic E-state index is 13.0. The van der Waals surface area contributed by atoms with Crippen LogP contribution in [0, 0.1) is 5.41 Å². The molecule has 0 spiro atoms. The van der Waals surface area contributed by atoms with E-state index < -0.39 is 11.2 Å². The van der Waals surface area contributed by atoms with Gasteiger partial charge in [-0.2, -0.15) is 0 Å². The maximum absolute atomic E-state index is 13.0. The Kier molecular flexibility index (Phi) is 6.11. The summed E-state index contributed by atoms with van der Waals surface area (Å²) in [6, 6.07) is 7.54. The van der Waals surface area contributed by atoms with E-state index in [4.69, 9.17) is 11.5 Å². The van der Waals surface area contributed by atoms with Gasteiger partial charge in [0.05, 0.1) is 24.2 Å². The van der Waals surface area contributed by atoms with Crippen LogP contribution < -0.4 is 17.0 Å².